The van der Waals surface area contributed by atoms with Gasteiger partial charge in [0.25, 0.3) is 0 Å². The number of aromatic amines is 1. The number of benzene rings is 2. The molecule has 1 heterocycles. The average molecular weight is 366 g/mol. The van der Waals surface area contributed by atoms with Crippen molar-refractivity contribution < 1.29 is 4.79 Å². The Morgan fingerprint density at radius 1 is 1.19 bits per heavy atom. The van der Waals surface area contributed by atoms with Gasteiger partial charge in [0.2, 0.25) is 5.91 Å². The van der Waals surface area contributed by atoms with E-state index in [4.69, 9.17) is 12.2 Å². The fourth-order valence-corrected chi connectivity index (χ4v) is 3.03. The number of rotatable bonds is 7. The molecule has 3 aromatic rings. The average Bonchev–Trinajstić information content (AvgIpc) is 3.00. The number of hydrogen-bond acceptors (Lipinski definition) is 3. The van der Waals surface area contributed by atoms with E-state index in [-0.39, 0.29) is 12.5 Å². The maximum Gasteiger partial charge on any atom is 0.240 e. The fraction of sp³-hybridized carbons (Fsp3) is 0.250. The van der Waals surface area contributed by atoms with E-state index >= 15 is 0 Å². The number of amides is 1. The molecule has 0 radical (unpaired) electrons. The molecule has 0 unspecified atom stereocenters. The van der Waals surface area contributed by atoms with Gasteiger partial charge in [-0.3, -0.25) is 14.5 Å². The Bertz CT molecular complexity index is 930. The lowest BCUT2D eigenvalue weighted by atomic mass is 10.1. The Morgan fingerprint density at radius 3 is 2.77 bits per heavy atom. The van der Waals surface area contributed by atoms with Crippen molar-refractivity contribution in [2.24, 2.45) is 0 Å². The summed E-state index contributed by atoms with van der Waals surface area (Å²) in [6.45, 7) is 2.82. The maximum absolute atomic E-state index is 12.3. The van der Waals surface area contributed by atoms with Crippen molar-refractivity contribution >= 4 is 18.1 Å². The van der Waals surface area contributed by atoms with Crippen LogP contribution in [0.2, 0.25) is 0 Å². The standard InChI is InChI=1S/C20H22N4OS/c1-15-7-5-11-17(13-15)19-22-23-20(26)24(19)14-18(25)21-12-6-10-16-8-3-2-4-9-16/h2-5,7-9,11,13H,6,10,12,14H2,1H3,(H,21,25)(H,23,26). The predicted molar refractivity (Wildman–Crippen MR) is 105 cm³/mol. The minimum atomic E-state index is -0.0653. The second-order valence-corrected chi connectivity index (χ2v) is 6.63. The fourth-order valence-electron chi connectivity index (χ4n) is 2.83. The van der Waals surface area contributed by atoms with Crippen LogP contribution in [0.3, 0.4) is 0 Å². The predicted octanol–water partition coefficient (Wildman–Crippen LogP) is 3.67. The smallest absolute Gasteiger partial charge is 0.240 e. The van der Waals surface area contributed by atoms with E-state index in [2.05, 4.69) is 27.6 Å². The summed E-state index contributed by atoms with van der Waals surface area (Å²) < 4.78 is 2.18. The topological polar surface area (TPSA) is 62.7 Å². The third kappa shape index (κ3) is 4.67. The number of nitrogens with one attached hydrogen (secondary N) is 2. The molecule has 134 valence electrons. The summed E-state index contributed by atoms with van der Waals surface area (Å²) in [5.74, 6) is 0.614. The Balaban J connectivity index is 1.58. The second kappa shape index (κ2) is 8.58. The Kier molecular flexibility index (Phi) is 5.96. The number of nitrogens with zero attached hydrogens (tertiary/aromatic N) is 2. The summed E-state index contributed by atoms with van der Waals surface area (Å²) in [5.41, 5.74) is 3.35. The van der Waals surface area contributed by atoms with Gasteiger partial charge in [0.15, 0.2) is 10.6 Å². The number of aromatic nitrogens is 3. The highest BCUT2D eigenvalue weighted by molar-refractivity contribution is 7.71. The van der Waals surface area contributed by atoms with Crippen LogP contribution in [0.5, 0.6) is 0 Å². The van der Waals surface area contributed by atoms with E-state index in [0.717, 1.165) is 24.0 Å². The van der Waals surface area contributed by atoms with Gasteiger partial charge < -0.3 is 5.32 Å². The number of H-pyrrole nitrogens is 1. The minimum absolute atomic E-state index is 0.0653. The first-order valence-electron chi connectivity index (χ1n) is 8.66. The number of aryl methyl sites for hydroxylation is 2. The van der Waals surface area contributed by atoms with E-state index in [0.29, 0.717) is 17.1 Å². The van der Waals surface area contributed by atoms with Crippen molar-refractivity contribution in [1.82, 2.24) is 20.1 Å². The molecule has 5 nitrogen and oxygen atoms in total. The van der Waals surface area contributed by atoms with Gasteiger partial charge in [-0.15, -0.1) is 0 Å². The van der Waals surface area contributed by atoms with E-state index < -0.39 is 0 Å². The molecule has 2 N–H and O–H groups in total. The van der Waals surface area contributed by atoms with Crippen molar-refractivity contribution in [3.05, 3.63) is 70.5 Å². The van der Waals surface area contributed by atoms with Crippen LogP contribution in [-0.4, -0.2) is 27.2 Å². The van der Waals surface area contributed by atoms with E-state index in [9.17, 15) is 4.79 Å². The van der Waals surface area contributed by atoms with Gasteiger partial charge in [-0.05, 0) is 43.6 Å². The van der Waals surface area contributed by atoms with Gasteiger partial charge in [0, 0.05) is 12.1 Å². The lowest BCUT2D eigenvalue weighted by Gasteiger charge is -2.09. The zero-order chi connectivity index (χ0) is 18.4. The highest BCUT2D eigenvalue weighted by Crippen LogP contribution is 2.18. The first kappa shape index (κ1) is 18.1. The van der Waals surface area contributed by atoms with Crippen LogP contribution in [0, 0.1) is 11.7 Å². The van der Waals surface area contributed by atoms with Crippen LogP contribution < -0.4 is 5.32 Å². The van der Waals surface area contributed by atoms with Crippen LogP contribution in [0.4, 0.5) is 0 Å². The first-order chi connectivity index (χ1) is 12.6. The van der Waals surface area contributed by atoms with Gasteiger partial charge in [-0.25, -0.2) is 0 Å². The van der Waals surface area contributed by atoms with Crippen molar-refractivity contribution in [3.63, 3.8) is 0 Å². The van der Waals surface area contributed by atoms with Crippen LogP contribution >= 0.6 is 12.2 Å². The summed E-state index contributed by atoms with van der Waals surface area (Å²) in [7, 11) is 0. The highest BCUT2D eigenvalue weighted by Gasteiger charge is 2.12. The number of hydrogen-bond donors (Lipinski definition) is 2. The summed E-state index contributed by atoms with van der Waals surface area (Å²) in [5, 5.41) is 10.0. The third-order valence-corrected chi connectivity index (χ3v) is 4.46. The molecule has 0 atom stereocenters. The molecule has 1 aromatic heterocycles. The maximum atomic E-state index is 12.3. The molecule has 0 aliphatic carbocycles. The molecule has 0 spiro atoms. The lowest BCUT2D eigenvalue weighted by molar-refractivity contribution is -0.121. The summed E-state index contributed by atoms with van der Waals surface area (Å²) in [6.07, 6.45) is 1.85. The molecule has 0 aliphatic rings. The lowest BCUT2D eigenvalue weighted by Crippen LogP contribution is -2.29. The molecule has 0 aliphatic heterocycles. The summed E-state index contributed by atoms with van der Waals surface area (Å²) in [6, 6.07) is 18.2. The van der Waals surface area contributed by atoms with Crippen LogP contribution in [-0.2, 0) is 17.8 Å². The zero-order valence-corrected chi connectivity index (χ0v) is 15.6. The quantitative estimate of drug-likeness (QED) is 0.495. The Labute approximate surface area is 158 Å². The van der Waals surface area contributed by atoms with Crippen LogP contribution in [0.25, 0.3) is 11.4 Å². The molecule has 0 saturated heterocycles. The van der Waals surface area contributed by atoms with E-state index in [1.165, 1.54) is 5.56 Å². The molecule has 0 fully saturated rings. The molecule has 2 aromatic carbocycles. The molecular formula is C20H22N4OS. The Hall–Kier alpha value is -2.73. The zero-order valence-electron chi connectivity index (χ0n) is 14.7. The molecule has 6 heteroatoms. The SMILES string of the molecule is Cc1cccc(-c2n[nH]c(=S)n2CC(=O)NCCCc2ccccc2)c1. The minimum Gasteiger partial charge on any atom is -0.355 e. The first-order valence-corrected chi connectivity index (χ1v) is 9.07. The monoisotopic (exact) mass is 366 g/mol. The highest BCUT2D eigenvalue weighted by atomic mass is 32.1. The molecule has 1 amide bonds. The van der Waals surface area contributed by atoms with Gasteiger partial charge >= 0.3 is 0 Å². The van der Waals surface area contributed by atoms with Gasteiger partial charge in [0.1, 0.15) is 6.54 Å². The molecule has 26 heavy (non-hydrogen) atoms. The van der Waals surface area contributed by atoms with Gasteiger partial charge in [0.05, 0.1) is 0 Å². The van der Waals surface area contributed by atoms with E-state index in [1.54, 1.807) is 4.57 Å². The van der Waals surface area contributed by atoms with Crippen molar-refractivity contribution in [2.75, 3.05) is 6.54 Å². The van der Waals surface area contributed by atoms with Crippen LogP contribution in [0.1, 0.15) is 17.5 Å². The normalized spacial score (nSPS) is 10.7. The number of carbonyl (C=O) groups excluding carboxylic acids is 1. The largest absolute Gasteiger partial charge is 0.355 e. The second-order valence-electron chi connectivity index (χ2n) is 6.25. The molecular weight excluding hydrogens is 344 g/mol. The number of carbonyl (C=O) groups is 1. The summed E-state index contributed by atoms with van der Waals surface area (Å²) in [4.78, 5) is 12.3. The third-order valence-electron chi connectivity index (χ3n) is 4.14. The molecule has 3 rings (SSSR count). The Morgan fingerprint density at radius 2 is 2.00 bits per heavy atom. The van der Waals surface area contributed by atoms with Gasteiger partial charge in [-0.2, -0.15) is 5.10 Å². The van der Waals surface area contributed by atoms with Crippen molar-refractivity contribution in [2.45, 2.75) is 26.3 Å². The summed E-state index contributed by atoms with van der Waals surface area (Å²) >= 11 is 5.29. The van der Waals surface area contributed by atoms with Crippen molar-refractivity contribution in [1.29, 1.82) is 0 Å². The van der Waals surface area contributed by atoms with Gasteiger partial charge in [-0.1, -0.05) is 54.1 Å². The molecule has 0 saturated carbocycles. The van der Waals surface area contributed by atoms with Crippen molar-refractivity contribution in [3.8, 4) is 11.4 Å². The van der Waals surface area contributed by atoms with Crippen LogP contribution in [0.15, 0.2) is 54.6 Å². The molecule has 0 bridgehead atoms. The van der Waals surface area contributed by atoms with E-state index in [1.807, 2.05) is 49.4 Å².